The van der Waals surface area contributed by atoms with Crippen LogP contribution in [0.2, 0.25) is 0 Å². The highest BCUT2D eigenvalue weighted by Crippen LogP contribution is 2.37. The van der Waals surface area contributed by atoms with Crippen LogP contribution in [0.4, 0.5) is 0 Å². The minimum absolute atomic E-state index is 0.259. The van der Waals surface area contributed by atoms with Crippen LogP contribution in [0, 0.1) is 20.8 Å². The van der Waals surface area contributed by atoms with E-state index in [1.165, 1.54) is 5.01 Å². The Hall–Kier alpha value is -2.86. The van der Waals surface area contributed by atoms with Crippen LogP contribution in [0.5, 0.6) is 5.75 Å². The summed E-state index contributed by atoms with van der Waals surface area (Å²) in [5.41, 5.74) is 4.95. The normalized spacial score (nSPS) is 17.2. The molecule has 2 aliphatic rings. The monoisotopic (exact) mass is 394 g/mol. The molecule has 0 saturated heterocycles. The quantitative estimate of drug-likeness (QED) is 0.766. The average molecular weight is 394 g/mol. The number of benzene rings is 2. The largest absolute Gasteiger partial charge is 0.462 e. The Balaban J connectivity index is 1.74. The van der Waals surface area contributed by atoms with Gasteiger partial charge in [0.05, 0.1) is 0 Å². The first-order valence-corrected chi connectivity index (χ1v) is 10.1. The number of fused-ring (bicyclic) bond motifs is 2. The Labute approximate surface area is 170 Å². The molecule has 152 valence electrons. The Morgan fingerprint density at radius 1 is 1.17 bits per heavy atom. The zero-order valence-corrected chi connectivity index (χ0v) is 17.3. The summed E-state index contributed by atoms with van der Waals surface area (Å²) in [6.45, 7) is 8.25. The standard InChI is InChI=1S/C23H26N2O4/c1-5-6-9-24(22(26)17-11-14(2)10-15(3)12-17)25-23(27)18-7-8-20-19(16(18)4)13-21(28-20)29-25/h7-8,10-12,21H,5-6,9,13H2,1-4H3. The summed E-state index contributed by atoms with van der Waals surface area (Å²) in [6.07, 6.45) is 1.56. The first-order valence-electron chi connectivity index (χ1n) is 10.1. The molecule has 2 aromatic rings. The van der Waals surface area contributed by atoms with Gasteiger partial charge in [-0.05, 0) is 57.0 Å². The predicted molar refractivity (Wildman–Crippen MR) is 108 cm³/mol. The molecule has 2 heterocycles. The lowest BCUT2D eigenvalue weighted by Crippen LogP contribution is -2.52. The van der Waals surface area contributed by atoms with Crippen molar-refractivity contribution in [3.8, 4) is 5.75 Å². The topological polar surface area (TPSA) is 59.1 Å². The van der Waals surface area contributed by atoms with Gasteiger partial charge in [-0.25, -0.2) is 9.85 Å². The fraction of sp³-hybridized carbons (Fsp3) is 0.391. The zero-order chi connectivity index (χ0) is 20.7. The van der Waals surface area contributed by atoms with Gasteiger partial charge in [-0.1, -0.05) is 30.5 Å². The number of rotatable bonds is 5. The lowest BCUT2D eigenvalue weighted by Gasteiger charge is -2.35. The van der Waals surface area contributed by atoms with E-state index in [-0.39, 0.29) is 11.8 Å². The maximum absolute atomic E-state index is 13.5. The molecule has 1 atom stereocenters. The maximum Gasteiger partial charge on any atom is 0.297 e. The van der Waals surface area contributed by atoms with Crippen LogP contribution in [0.15, 0.2) is 30.3 Å². The summed E-state index contributed by atoms with van der Waals surface area (Å²) in [6, 6.07) is 9.26. The summed E-state index contributed by atoms with van der Waals surface area (Å²) in [7, 11) is 0. The molecule has 0 saturated carbocycles. The van der Waals surface area contributed by atoms with Crippen LogP contribution in [-0.2, 0) is 11.3 Å². The molecule has 2 aliphatic heterocycles. The van der Waals surface area contributed by atoms with E-state index in [4.69, 9.17) is 9.57 Å². The molecule has 0 aliphatic carbocycles. The zero-order valence-electron chi connectivity index (χ0n) is 17.3. The van der Waals surface area contributed by atoms with Gasteiger partial charge in [0, 0.05) is 29.7 Å². The average Bonchev–Trinajstić information content (AvgIpc) is 3.12. The second-order valence-corrected chi connectivity index (χ2v) is 7.81. The van der Waals surface area contributed by atoms with Crippen LogP contribution >= 0.6 is 0 Å². The van der Waals surface area contributed by atoms with E-state index in [2.05, 4.69) is 0 Å². The van der Waals surface area contributed by atoms with Crippen molar-refractivity contribution in [1.82, 2.24) is 10.2 Å². The molecule has 2 amide bonds. The number of hydroxylamine groups is 1. The molecular formula is C23H26N2O4. The smallest absolute Gasteiger partial charge is 0.297 e. The summed E-state index contributed by atoms with van der Waals surface area (Å²) in [5, 5.41) is 2.54. The number of unbranched alkanes of at least 4 members (excludes halogenated alkanes) is 1. The lowest BCUT2D eigenvalue weighted by atomic mass is 9.99. The Morgan fingerprint density at radius 3 is 2.59 bits per heavy atom. The van der Waals surface area contributed by atoms with Crippen molar-refractivity contribution in [3.05, 3.63) is 63.7 Å². The van der Waals surface area contributed by atoms with Crippen molar-refractivity contribution < 1.29 is 19.2 Å². The van der Waals surface area contributed by atoms with E-state index in [9.17, 15) is 9.59 Å². The van der Waals surface area contributed by atoms with E-state index in [1.54, 1.807) is 6.07 Å². The molecule has 6 heteroatoms. The Bertz CT molecular complexity index is 965. The molecule has 0 radical (unpaired) electrons. The second kappa shape index (κ2) is 7.52. The van der Waals surface area contributed by atoms with Gasteiger partial charge in [0.2, 0.25) is 6.29 Å². The van der Waals surface area contributed by atoms with Crippen molar-refractivity contribution in [3.63, 3.8) is 0 Å². The molecule has 3 bridgehead atoms. The van der Waals surface area contributed by atoms with Gasteiger partial charge < -0.3 is 4.74 Å². The summed E-state index contributed by atoms with van der Waals surface area (Å²) in [4.78, 5) is 32.8. The highest BCUT2D eigenvalue weighted by atomic mass is 16.8. The summed E-state index contributed by atoms with van der Waals surface area (Å²) in [5.74, 6) is 0.136. The third-order valence-corrected chi connectivity index (χ3v) is 5.45. The van der Waals surface area contributed by atoms with Gasteiger partial charge >= 0.3 is 0 Å². The summed E-state index contributed by atoms with van der Waals surface area (Å²) >= 11 is 0. The number of hydrogen-bond acceptors (Lipinski definition) is 4. The van der Waals surface area contributed by atoms with Crippen molar-refractivity contribution in [2.45, 2.75) is 53.2 Å². The number of nitrogens with zero attached hydrogens (tertiary/aromatic N) is 2. The van der Waals surface area contributed by atoms with Crippen molar-refractivity contribution >= 4 is 11.8 Å². The minimum Gasteiger partial charge on any atom is -0.462 e. The van der Waals surface area contributed by atoms with Gasteiger partial charge in [-0.15, -0.1) is 5.17 Å². The van der Waals surface area contributed by atoms with Crippen molar-refractivity contribution in [2.75, 3.05) is 6.54 Å². The molecule has 0 aromatic heterocycles. The Morgan fingerprint density at radius 2 is 1.90 bits per heavy atom. The van der Waals surface area contributed by atoms with Gasteiger partial charge in [0.25, 0.3) is 11.8 Å². The molecule has 0 fully saturated rings. The molecule has 29 heavy (non-hydrogen) atoms. The second-order valence-electron chi connectivity index (χ2n) is 7.81. The van der Waals surface area contributed by atoms with Crippen molar-refractivity contribution in [2.24, 2.45) is 0 Å². The third kappa shape index (κ3) is 3.49. The predicted octanol–water partition coefficient (Wildman–Crippen LogP) is 4.12. The van der Waals surface area contributed by atoms with Crippen LogP contribution in [0.3, 0.4) is 0 Å². The van der Waals surface area contributed by atoms with Crippen LogP contribution in [0.1, 0.15) is 62.7 Å². The van der Waals surface area contributed by atoms with E-state index in [1.807, 2.05) is 52.0 Å². The van der Waals surface area contributed by atoms with Crippen molar-refractivity contribution in [1.29, 1.82) is 0 Å². The SMILES string of the molecule is CCCCN(C(=O)c1cc(C)cc(C)c1)N1OC2Cc3c(ccc(c3C)C1=O)O2. The molecule has 2 aromatic carbocycles. The van der Waals surface area contributed by atoms with Gasteiger partial charge in [0.1, 0.15) is 5.75 Å². The highest BCUT2D eigenvalue weighted by Gasteiger charge is 2.39. The van der Waals surface area contributed by atoms with Gasteiger partial charge in [-0.2, -0.15) is 0 Å². The number of aryl methyl sites for hydroxylation is 2. The van der Waals surface area contributed by atoms with Gasteiger partial charge in [-0.3, -0.25) is 9.59 Å². The van der Waals surface area contributed by atoms with Gasteiger partial charge in [0.15, 0.2) is 0 Å². The Kier molecular flexibility index (Phi) is 5.04. The maximum atomic E-state index is 13.5. The first kappa shape index (κ1) is 19.5. The molecule has 0 spiro atoms. The molecule has 1 unspecified atom stereocenters. The van der Waals surface area contributed by atoms with E-state index >= 15 is 0 Å². The van der Waals surface area contributed by atoms with Crippen LogP contribution < -0.4 is 4.74 Å². The molecule has 6 nitrogen and oxygen atoms in total. The highest BCUT2D eigenvalue weighted by molar-refractivity contribution is 6.00. The molecule has 4 rings (SSSR count). The van der Waals surface area contributed by atoms with Crippen LogP contribution in [-0.4, -0.2) is 34.8 Å². The minimum atomic E-state index is -0.626. The van der Waals surface area contributed by atoms with E-state index < -0.39 is 6.29 Å². The number of hydrogen-bond donors (Lipinski definition) is 0. The summed E-state index contributed by atoms with van der Waals surface area (Å²) < 4.78 is 5.86. The number of ether oxygens (including phenoxy) is 1. The number of carbonyl (C=O) groups is 2. The number of hydrazine groups is 1. The van der Waals surface area contributed by atoms with Crippen LogP contribution in [0.25, 0.3) is 0 Å². The third-order valence-electron chi connectivity index (χ3n) is 5.45. The van der Waals surface area contributed by atoms with E-state index in [0.717, 1.165) is 46.0 Å². The number of carbonyl (C=O) groups excluding carboxylic acids is 2. The lowest BCUT2D eigenvalue weighted by molar-refractivity contribution is -0.288. The fourth-order valence-electron chi connectivity index (χ4n) is 4.00. The molecular weight excluding hydrogens is 368 g/mol. The first-order chi connectivity index (χ1) is 13.9. The fourth-order valence-corrected chi connectivity index (χ4v) is 4.00. The van der Waals surface area contributed by atoms with E-state index in [0.29, 0.717) is 24.1 Å². The number of amides is 2. The molecule has 0 N–H and O–H groups in total.